The second kappa shape index (κ2) is 19.0. The lowest BCUT2D eigenvalue weighted by Crippen LogP contribution is -2.42. The summed E-state index contributed by atoms with van der Waals surface area (Å²) in [5.41, 5.74) is 13.0. The number of para-hydroxylation sites is 2. The van der Waals surface area contributed by atoms with Gasteiger partial charge < -0.3 is 35.7 Å². The van der Waals surface area contributed by atoms with Crippen molar-refractivity contribution in [3.8, 4) is 11.1 Å². The third-order valence-electron chi connectivity index (χ3n) is 10.1. The number of aliphatic hydroxyl groups is 1. The van der Waals surface area contributed by atoms with Gasteiger partial charge in [0.1, 0.15) is 0 Å². The molecule has 280 valence electrons. The summed E-state index contributed by atoms with van der Waals surface area (Å²) >= 11 is 0. The van der Waals surface area contributed by atoms with Crippen LogP contribution in [-0.4, -0.2) is 60.8 Å². The number of nitrogens with two attached hydrogens (primary N) is 1. The summed E-state index contributed by atoms with van der Waals surface area (Å²) < 4.78 is 18.9. The van der Waals surface area contributed by atoms with E-state index in [4.69, 9.17) is 19.9 Å². The average Bonchev–Trinajstić information content (AvgIpc) is 3.62. The Morgan fingerprint density at radius 1 is 0.868 bits per heavy atom. The SMILES string of the molecule is COC[C@@H]1CCCN1C[C@H]1C[C@@H](c2ccc(CO)cc2)O[C@@H](c2cccc(-c3cccc(CNC(=O)CCCCC(=O)Nc4ccccc4N)c3)c2)O1. The number of methoxy groups -OCH3 is 1. The van der Waals surface area contributed by atoms with E-state index in [2.05, 4.69) is 45.9 Å². The van der Waals surface area contributed by atoms with Crippen LogP contribution in [0.2, 0.25) is 0 Å². The Morgan fingerprint density at radius 2 is 1.62 bits per heavy atom. The molecule has 0 bridgehead atoms. The van der Waals surface area contributed by atoms with E-state index in [-0.39, 0.29) is 30.6 Å². The van der Waals surface area contributed by atoms with E-state index < -0.39 is 6.29 Å². The Bertz CT molecular complexity index is 1800. The van der Waals surface area contributed by atoms with E-state index in [0.717, 1.165) is 72.3 Å². The van der Waals surface area contributed by atoms with Crippen LogP contribution in [0.1, 0.15) is 79.6 Å². The van der Waals surface area contributed by atoms with Crippen LogP contribution < -0.4 is 16.4 Å². The molecule has 2 amide bonds. The summed E-state index contributed by atoms with van der Waals surface area (Å²) in [7, 11) is 1.76. The Labute approximate surface area is 312 Å². The first-order valence-electron chi connectivity index (χ1n) is 18.7. The molecular formula is C43H52N4O6. The number of benzene rings is 4. The van der Waals surface area contributed by atoms with E-state index in [0.29, 0.717) is 49.6 Å². The highest BCUT2D eigenvalue weighted by atomic mass is 16.7. The lowest BCUT2D eigenvalue weighted by molar-refractivity contribution is -0.253. The lowest BCUT2D eigenvalue weighted by Gasteiger charge is -2.39. The lowest BCUT2D eigenvalue weighted by atomic mass is 9.98. The summed E-state index contributed by atoms with van der Waals surface area (Å²) in [6.07, 6.45) is 4.18. The van der Waals surface area contributed by atoms with Gasteiger partial charge in [-0.25, -0.2) is 0 Å². The van der Waals surface area contributed by atoms with Gasteiger partial charge in [0, 0.05) is 51.1 Å². The molecule has 2 fully saturated rings. The minimum absolute atomic E-state index is 0.00433. The summed E-state index contributed by atoms with van der Waals surface area (Å²) in [4.78, 5) is 27.4. The largest absolute Gasteiger partial charge is 0.397 e. The highest BCUT2D eigenvalue weighted by Gasteiger charge is 2.35. The fourth-order valence-corrected chi connectivity index (χ4v) is 7.22. The minimum atomic E-state index is -0.551. The standard InChI is InChI=1S/C43H52N4O6/c1-51-29-36-13-8-22-47(36)27-37-25-40(32-20-18-30(28-48)19-21-32)53-43(52-37)35-12-7-11-34(24-35)33-10-6-9-31(23-33)26-45-41(49)16-4-5-17-42(50)46-39-15-3-2-14-38(39)44/h2-3,6-7,9-12,14-15,18-21,23-24,36-37,40,43,48H,4-5,8,13,16-17,22,25-29,44H2,1H3,(H,45,49)(H,46,50)/t36-,37+,40-,43-/m0/s1. The van der Waals surface area contributed by atoms with E-state index in [1.165, 1.54) is 0 Å². The normalized spacial score (nSPS) is 20.3. The second-order valence-electron chi connectivity index (χ2n) is 14.0. The number of carbonyl (C=O) groups excluding carboxylic acids is 2. The first-order chi connectivity index (χ1) is 25.9. The first-order valence-corrected chi connectivity index (χ1v) is 18.7. The van der Waals surface area contributed by atoms with Crippen LogP contribution in [0.15, 0.2) is 97.1 Å². The number of aliphatic hydroxyl groups excluding tert-OH is 1. The molecule has 0 saturated carbocycles. The molecule has 4 atom stereocenters. The monoisotopic (exact) mass is 720 g/mol. The van der Waals surface area contributed by atoms with Crippen molar-refractivity contribution in [1.29, 1.82) is 0 Å². The van der Waals surface area contributed by atoms with Gasteiger partial charge in [-0.15, -0.1) is 0 Å². The van der Waals surface area contributed by atoms with E-state index in [9.17, 15) is 14.7 Å². The number of hydrogen-bond acceptors (Lipinski definition) is 8. The molecule has 10 nitrogen and oxygen atoms in total. The molecule has 4 aromatic rings. The number of nitrogens with one attached hydrogen (secondary N) is 2. The van der Waals surface area contributed by atoms with Crippen LogP contribution in [0.25, 0.3) is 11.1 Å². The van der Waals surface area contributed by atoms with Crippen LogP contribution in [0.3, 0.4) is 0 Å². The second-order valence-corrected chi connectivity index (χ2v) is 14.0. The number of nitrogen functional groups attached to an aromatic ring is 1. The molecule has 4 aromatic carbocycles. The van der Waals surface area contributed by atoms with Crippen molar-refractivity contribution in [2.45, 2.75) is 82.6 Å². The van der Waals surface area contributed by atoms with Gasteiger partial charge in [0.2, 0.25) is 11.8 Å². The minimum Gasteiger partial charge on any atom is -0.397 e. The molecule has 2 heterocycles. The van der Waals surface area contributed by atoms with Gasteiger partial charge in [0.15, 0.2) is 6.29 Å². The molecule has 0 unspecified atom stereocenters. The van der Waals surface area contributed by atoms with Gasteiger partial charge in [-0.05, 0) is 84.3 Å². The number of ether oxygens (including phenoxy) is 3. The summed E-state index contributed by atoms with van der Waals surface area (Å²) in [5.74, 6) is -0.161. The van der Waals surface area contributed by atoms with Crippen molar-refractivity contribution >= 4 is 23.2 Å². The molecule has 10 heteroatoms. The molecular weight excluding hydrogens is 668 g/mol. The third-order valence-corrected chi connectivity index (χ3v) is 10.1. The highest BCUT2D eigenvalue weighted by Crippen LogP contribution is 2.39. The maximum absolute atomic E-state index is 12.6. The van der Waals surface area contributed by atoms with E-state index >= 15 is 0 Å². The van der Waals surface area contributed by atoms with Gasteiger partial charge in [0.25, 0.3) is 0 Å². The molecule has 5 N–H and O–H groups in total. The quantitative estimate of drug-likeness (QED) is 0.0726. The van der Waals surface area contributed by atoms with Crippen molar-refractivity contribution in [1.82, 2.24) is 10.2 Å². The number of likely N-dealkylation sites (tertiary alicyclic amines) is 1. The zero-order chi connectivity index (χ0) is 37.0. The molecule has 0 aromatic heterocycles. The van der Waals surface area contributed by atoms with Crippen LogP contribution >= 0.6 is 0 Å². The van der Waals surface area contributed by atoms with Crippen LogP contribution in [0.5, 0.6) is 0 Å². The molecule has 6 rings (SSSR count). The topological polar surface area (TPSA) is 135 Å². The van der Waals surface area contributed by atoms with Gasteiger partial charge in [-0.2, -0.15) is 0 Å². The predicted molar refractivity (Wildman–Crippen MR) is 207 cm³/mol. The number of amides is 2. The Hall–Kier alpha value is -4.58. The number of hydrogen-bond donors (Lipinski definition) is 4. The maximum Gasteiger partial charge on any atom is 0.224 e. The maximum atomic E-state index is 12.6. The van der Waals surface area contributed by atoms with Crippen molar-refractivity contribution in [2.75, 3.05) is 37.9 Å². The van der Waals surface area contributed by atoms with Crippen molar-refractivity contribution in [2.24, 2.45) is 0 Å². The number of carbonyl (C=O) groups is 2. The van der Waals surface area contributed by atoms with Gasteiger partial charge in [0.05, 0.1) is 36.8 Å². The number of nitrogens with zero attached hydrogens (tertiary/aromatic N) is 1. The zero-order valence-corrected chi connectivity index (χ0v) is 30.5. The Morgan fingerprint density at radius 3 is 2.40 bits per heavy atom. The van der Waals surface area contributed by atoms with Gasteiger partial charge in [-0.1, -0.05) is 72.8 Å². The van der Waals surface area contributed by atoms with Crippen molar-refractivity contribution in [3.63, 3.8) is 0 Å². The van der Waals surface area contributed by atoms with Gasteiger partial charge in [-0.3, -0.25) is 14.5 Å². The smallest absolute Gasteiger partial charge is 0.224 e. The van der Waals surface area contributed by atoms with E-state index in [1.54, 1.807) is 19.2 Å². The van der Waals surface area contributed by atoms with Crippen molar-refractivity contribution in [3.05, 3.63) is 119 Å². The molecule has 2 saturated heterocycles. The molecule has 0 radical (unpaired) electrons. The van der Waals surface area contributed by atoms with Crippen LogP contribution in [0.4, 0.5) is 11.4 Å². The zero-order valence-electron chi connectivity index (χ0n) is 30.5. The highest BCUT2D eigenvalue weighted by molar-refractivity contribution is 5.93. The van der Waals surface area contributed by atoms with Crippen LogP contribution in [0, 0.1) is 0 Å². The fraction of sp³-hybridized carbons (Fsp3) is 0.395. The van der Waals surface area contributed by atoms with Gasteiger partial charge >= 0.3 is 0 Å². The summed E-state index contributed by atoms with van der Waals surface area (Å²) in [6, 6.07) is 32.0. The number of unbranched alkanes of at least 4 members (excludes halogenated alkanes) is 1. The number of anilines is 2. The molecule has 2 aliphatic heterocycles. The first kappa shape index (κ1) is 38.2. The molecule has 2 aliphatic rings. The Balaban J connectivity index is 1.06. The fourth-order valence-electron chi connectivity index (χ4n) is 7.22. The molecule has 53 heavy (non-hydrogen) atoms. The predicted octanol–water partition coefficient (Wildman–Crippen LogP) is 6.90. The number of rotatable bonds is 16. The van der Waals surface area contributed by atoms with E-state index in [1.807, 2.05) is 54.6 Å². The molecule has 0 aliphatic carbocycles. The molecule has 0 spiro atoms. The van der Waals surface area contributed by atoms with Crippen LogP contribution in [-0.2, 0) is 37.0 Å². The third kappa shape index (κ3) is 10.7. The average molecular weight is 721 g/mol. The summed E-state index contributed by atoms with van der Waals surface area (Å²) in [6.45, 7) is 2.98. The Kier molecular flexibility index (Phi) is 13.6. The van der Waals surface area contributed by atoms with Crippen molar-refractivity contribution < 1.29 is 28.9 Å². The summed E-state index contributed by atoms with van der Waals surface area (Å²) in [5, 5.41) is 15.4.